The third-order valence-corrected chi connectivity index (χ3v) is 3.01. The molecule has 0 aliphatic carbocycles. The number of rotatable bonds is 6. The summed E-state index contributed by atoms with van der Waals surface area (Å²) in [4.78, 5) is 23.7. The number of ketones is 1. The van der Waals surface area contributed by atoms with Crippen LogP contribution >= 0.6 is 0 Å². The summed E-state index contributed by atoms with van der Waals surface area (Å²) in [5.41, 5.74) is 0.842. The number of ether oxygens (including phenoxy) is 1. The molecule has 3 nitrogen and oxygen atoms in total. The molecule has 0 amide bonds. The summed E-state index contributed by atoms with van der Waals surface area (Å²) < 4.78 is 18.0. The molecule has 4 heteroatoms. The second-order valence-corrected chi connectivity index (χ2v) is 4.66. The molecule has 0 heterocycles. The molecular formula is C18H15FO3. The van der Waals surface area contributed by atoms with Crippen molar-refractivity contribution in [1.82, 2.24) is 0 Å². The van der Waals surface area contributed by atoms with Crippen LogP contribution in [0.5, 0.6) is 5.75 Å². The topological polar surface area (TPSA) is 43.4 Å². The first-order valence-corrected chi connectivity index (χ1v) is 6.82. The van der Waals surface area contributed by atoms with Crippen LogP contribution in [-0.2, 0) is 4.79 Å². The molecule has 2 aromatic rings. The van der Waals surface area contributed by atoms with Crippen molar-refractivity contribution in [2.45, 2.75) is 12.8 Å². The Hall–Kier alpha value is -2.75. The Labute approximate surface area is 128 Å². The minimum Gasteiger partial charge on any atom is -0.427 e. The fourth-order valence-corrected chi connectivity index (χ4v) is 1.84. The number of esters is 1. The van der Waals surface area contributed by atoms with Gasteiger partial charge >= 0.3 is 5.97 Å². The Morgan fingerprint density at radius 3 is 2.09 bits per heavy atom. The summed E-state index contributed by atoms with van der Waals surface area (Å²) in [6, 6.07) is 11.6. The van der Waals surface area contributed by atoms with Crippen molar-refractivity contribution in [3.05, 3.63) is 78.1 Å². The Morgan fingerprint density at radius 2 is 1.55 bits per heavy atom. The number of hydrogen-bond donors (Lipinski definition) is 0. The summed E-state index contributed by atoms with van der Waals surface area (Å²) in [6.07, 6.45) is 2.46. The lowest BCUT2D eigenvalue weighted by Gasteiger charge is -2.05. The third-order valence-electron chi connectivity index (χ3n) is 3.01. The van der Waals surface area contributed by atoms with E-state index in [-0.39, 0.29) is 18.2 Å². The average molecular weight is 298 g/mol. The maximum Gasteiger partial charge on any atom is 0.311 e. The lowest BCUT2D eigenvalue weighted by Crippen LogP contribution is -2.07. The van der Waals surface area contributed by atoms with Crippen LogP contribution < -0.4 is 4.74 Å². The molecule has 0 atom stereocenters. The van der Waals surface area contributed by atoms with Gasteiger partial charge in [0.2, 0.25) is 0 Å². The van der Waals surface area contributed by atoms with Gasteiger partial charge in [-0.2, -0.15) is 0 Å². The van der Waals surface area contributed by atoms with E-state index in [0.717, 1.165) is 0 Å². The van der Waals surface area contributed by atoms with Gasteiger partial charge in [0.1, 0.15) is 11.6 Å². The van der Waals surface area contributed by atoms with Crippen LogP contribution in [0.15, 0.2) is 61.2 Å². The number of halogens is 1. The molecule has 0 saturated heterocycles. The van der Waals surface area contributed by atoms with Crippen molar-refractivity contribution < 1.29 is 18.7 Å². The van der Waals surface area contributed by atoms with Crippen molar-refractivity contribution in [3.63, 3.8) is 0 Å². The van der Waals surface area contributed by atoms with Crippen molar-refractivity contribution in [3.8, 4) is 5.75 Å². The molecule has 0 aliphatic rings. The summed E-state index contributed by atoms with van der Waals surface area (Å²) in [5, 5.41) is 0. The average Bonchev–Trinajstić information content (AvgIpc) is 2.54. The molecule has 0 aromatic heterocycles. The number of benzene rings is 2. The minimum absolute atomic E-state index is 0.218. The summed E-state index contributed by atoms with van der Waals surface area (Å²) in [6.45, 7) is 3.54. The molecule has 0 fully saturated rings. The predicted octanol–water partition coefficient (Wildman–Crippen LogP) is 3.93. The number of hydrogen-bond acceptors (Lipinski definition) is 3. The normalized spacial score (nSPS) is 10.0. The third kappa shape index (κ3) is 4.12. The smallest absolute Gasteiger partial charge is 0.311 e. The zero-order chi connectivity index (χ0) is 15.9. The molecule has 0 N–H and O–H groups in total. The van der Waals surface area contributed by atoms with Crippen molar-refractivity contribution in [2.75, 3.05) is 0 Å². The fraction of sp³-hybridized carbons (Fsp3) is 0.111. The van der Waals surface area contributed by atoms with Gasteiger partial charge in [-0.1, -0.05) is 6.08 Å². The van der Waals surface area contributed by atoms with E-state index in [0.29, 0.717) is 23.3 Å². The van der Waals surface area contributed by atoms with Crippen LogP contribution in [0, 0.1) is 5.82 Å². The number of carbonyl (C=O) groups is 2. The molecule has 0 bridgehead atoms. The van der Waals surface area contributed by atoms with E-state index in [1.54, 1.807) is 30.3 Å². The zero-order valence-electron chi connectivity index (χ0n) is 11.9. The van der Waals surface area contributed by atoms with Crippen LogP contribution in [0.4, 0.5) is 4.39 Å². The first-order chi connectivity index (χ1) is 10.6. The summed E-state index contributed by atoms with van der Waals surface area (Å²) in [7, 11) is 0. The quantitative estimate of drug-likeness (QED) is 0.351. The summed E-state index contributed by atoms with van der Waals surface area (Å²) in [5.74, 6) is -0.579. The standard InChI is InChI=1S/C18H15FO3/c1-2-3-4-17(20)22-16-11-7-14(8-12-16)18(21)13-5-9-15(19)10-6-13/h2,5-12H,1,3-4H2. The molecule has 0 spiro atoms. The van der Waals surface area contributed by atoms with Crippen molar-refractivity contribution >= 4 is 11.8 Å². The van der Waals surface area contributed by atoms with E-state index < -0.39 is 5.82 Å². The van der Waals surface area contributed by atoms with Gasteiger partial charge in [0.05, 0.1) is 0 Å². The van der Waals surface area contributed by atoms with E-state index in [1.807, 2.05) is 0 Å². The Morgan fingerprint density at radius 1 is 1.00 bits per heavy atom. The van der Waals surface area contributed by atoms with Crippen molar-refractivity contribution in [2.24, 2.45) is 0 Å². The summed E-state index contributed by atoms with van der Waals surface area (Å²) >= 11 is 0. The minimum atomic E-state index is -0.390. The van der Waals surface area contributed by atoms with Gasteiger partial charge in [0, 0.05) is 17.5 Å². The molecule has 0 saturated carbocycles. The highest BCUT2D eigenvalue weighted by Gasteiger charge is 2.10. The lowest BCUT2D eigenvalue weighted by molar-refractivity contribution is -0.134. The Bertz CT molecular complexity index is 672. The molecule has 0 unspecified atom stereocenters. The monoisotopic (exact) mass is 298 g/mol. The number of allylic oxidation sites excluding steroid dienone is 1. The van der Waals surface area contributed by atoms with E-state index in [2.05, 4.69) is 6.58 Å². The Balaban J connectivity index is 2.05. The molecule has 0 radical (unpaired) electrons. The largest absolute Gasteiger partial charge is 0.427 e. The van der Waals surface area contributed by atoms with Crippen LogP contribution in [-0.4, -0.2) is 11.8 Å². The highest BCUT2D eigenvalue weighted by atomic mass is 19.1. The maximum atomic E-state index is 12.8. The van der Waals surface area contributed by atoms with Gasteiger partial charge < -0.3 is 4.74 Å². The van der Waals surface area contributed by atoms with Crippen molar-refractivity contribution in [1.29, 1.82) is 0 Å². The van der Waals surface area contributed by atoms with E-state index in [4.69, 9.17) is 4.74 Å². The molecule has 22 heavy (non-hydrogen) atoms. The van der Waals surface area contributed by atoms with E-state index in [9.17, 15) is 14.0 Å². The van der Waals surface area contributed by atoms with Crippen LogP contribution in [0.25, 0.3) is 0 Å². The van der Waals surface area contributed by atoms with Gasteiger partial charge in [-0.15, -0.1) is 6.58 Å². The molecule has 2 rings (SSSR count). The molecule has 0 aliphatic heterocycles. The molecule has 112 valence electrons. The SMILES string of the molecule is C=CCCC(=O)Oc1ccc(C(=O)c2ccc(F)cc2)cc1. The zero-order valence-corrected chi connectivity index (χ0v) is 11.9. The fourth-order valence-electron chi connectivity index (χ4n) is 1.84. The van der Waals surface area contributed by atoms with E-state index >= 15 is 0 Å². The maximum absolute atomic E-state index is 12.8. The second-order valence-electron chi connectivity index (χ2n) is 4.66. The van der Waals surface area contributed by atoms with Crippen LogP contribution in [0.1, 0.15) is 28.8 Å². The van der Waals surface area contributed by atoms with Gasteiger partial charge in [0.25, 0.3) is 0 Å². The number of carbonyl (C=O) groups excluding carboxylic acids is 2. The lowest BCUT2D eigenvalue weighted by atomic mass is 10.0. The highest BCUT2D eigenvalue weighted by molar-refractivity contribution is 6.09. The van der Waals surface area contributed by atoms with Crippen LogP contribution in [0.2, 0.25) is 0 Å². The highest BCUT2D eigenvalue weighted by Crippen LogP contribution is 2.16. The van der Waals surface area contributed by atoms with Gasteiger partial charge in [-0.05, 0) is 55.0 Å². The Kier molecular flexibility index (Phi) is 5.20. The van der Waals surface area contributed by atoms with Gasteiger partial charge in [-0.25, -0.2) is 4.39 Å². The molecule has 2 aromatic carbocycles. The van der Waals surface area contributed by atoms with E-state index in [1.165, 1.54) is 24.3 Å². The van der Waals surface area contributed by atoms with Gasteiger partial charge in [0.15, 0.2) is 5.78 Å². The van der Waals surface area contributed by atoms with Gasteiger partial charge in [-0.3, -0.25) is 9.59 Å². The second kappa shape index (κ2) is 7.31. The van der Waals surface area contributed by atoms with Crippen LogP contribution in [0.3, 0.4) is 0 Å². The molecular weight excluding hydrogens is 283 g/mol. The predicted molar refractivity (Wildman–Crippen MR) is 81.3 cm³/mol. The first kappa shape index (κ1) is 15.6. The first-order valence-electron chi connectivity index (χ1n) is 6.82.